The normalized spacial score (nSPS) is 11.0. The Morgan fingerprint density at radius 1 is 1.35 bits per heavy atom. The third kappa shape index (κ3) is 3.36. The quantitative estimate of drug-likeness (QED) is 0.920. The second kappa shape index (κ2) is 6.05. The van der Waals surface area contributed by atoms with Crippen molar-refractivity contribution in [1.29, 1.82) is 5.26 Å². The Balaban J connectivity index is 2.24. The lowest BCUT2D eigenvalue weighted by Crippen LogP contribution is -2.11. The Morgan fingerprint density at radius 2 is 2.15 bits per heavy atom. The van der Waals surface area contributed by atoms with Gasteiger partial charge in [-0.15, -0.1) is 11.3 Å². The van der Waals surface area contributed by atoms with E-state index in [1.165, 1.54) is 12.1 Å². The van der Waals surface area contributed by atoms with Crippen LogP contribution in [0.5, 0.6) is 0 Å². The molecule has 0 atom stereocenters. The van der Waals surface area contributed by atoms with Gasteiger partial charge in [-0.25, -0.2) is 8.42 Å². The summed E-state index contributed by atoms with van der Waals surface area (Å²) in [6, 6.07) is 11.8. The number of nitrogens with zero attached hydrogens (tertiary/aromatic N) is 1. The molecule has 5 nitrogen and oxygen atoms in total. The third-order valence-electron chi connectivity index (χ3n) is 2.45. The van der Waals surface area contributed by atoms with Crippen molar-refractivity contribution in [3.05, 3.63) is 46.8 Å². The standard InChI is InChI=1S/C13H12N2O3S2/c1-18-9-10-3-2-4-11(7-10)15-20(16,17)13-6-5-12(8-14)19-13/h2-7,15H,9H2,1H3. The van der Waals surface area contributed by atoms with Gasteiger partial charge in [-0.3, -0.25) is 4.72 Å². The van der Waals surface area contributed by atoms with E-state index in [1.807, 2.05) is 12.1 Å². The van der Waals surface area contributed by atoms with E-state index in [0.717, 1.165) is 16.9 Å². The van der Waals surface area contributed by atoms with Gasteiger partial charge >= 0.3 is 0 Å². The Bertz CT molecular complexity index is 745. The van der Waals surface area contributed by atoms with Crippen LogP contribution < -0.4 is 4.72 Å². The third-order valence-corrected chi connectivity index (χ3v) is 5.31. The zero-order valence-electron chi connectivity index (χ0n) is 10.7. The molecule has 0 spiro atoms. The fraction of sp³-hybridized carbons (Fsp3) is 0.154. The SMILES string of the molecule is COCc1cccc(NS(=O)(=O)c2ccc(C#N)s2)c1. The second-order valence-electron chi connectivity index (χ2n) is 3.97. The number of nitriles is 1. The highest BCUT2D eigenvalue weighted by Gasteiger charge is 2.17. The number of methoxy groups -OCH3 is 1. The van der Waals surface area contributed by atoms with Crippen molar-refractivity contribution in [3.63, 3.8) is 0 Å². The van der Waals surface area contributed by atoms with E-state index in [9.17, 15) is 8.42 Å². The summed E-state index contributed by atoms with van der Waals surface area (Å²) in [4.78, 5) is 0.360. The maximum atomic E-state index is 12.2. The summed E-state index contributed by atoms with van der Waals surface area (Å²) in [5.74, 6) is 0. The number of hydrogen-bond donors (Lipinski definition) is 1. The maximum absolute atomic E-state index is 12.2. The molecule has 1 N–H and O–H groups in total. The van der Waals surface area contributed by atoms with Gasteiger partial charge in [0.25, 0.3) is 10.0 Å². The highest BCUT2D eigenvalue weighted by molar-refractivity contribution is 7.94. The number of nitrogens with one attached hydrogen (secondary N) is 1. The molecule has 0 aliphatic rings. The minimum Gasteiger partial charge on any atom is -0.380 e. The number of sulfonamides is 1. The van der Waals surface area contributed by atoms with Crippen molar-refractivity contribution < 1.29 is 13.2 Å². The predicted octanol–water partition coefficient (Wildman–Crippen LogP) is 2.57. The van der Waals surface area contributed by atoms with Crippen LogP contribution in [-0.4, -0.2) is 15.5 Å². The van der Waals surface area contributed by atoms with Crippen LogP contribution in [0, 0.1) is 11.3 Å². The molecule has 0 fully saturated rings. The van der Waals surface area contributed by atoms with Crippen LogP contribution in [0.2, 0.25) is 0 Å². The van der Waals surface area contributed by atoms with E-state index < -0.39 is 10.0 Å². The van der Waals surface area contributed by atoms with Crippen molar-refractivity contribution in [2.24, 2.45) is 0 Å². The van der Waals surface area contributed by atoms with Crippen LogP contribution in [0.3, 0.4) is 0 Å². The number of rotatable bonds is 5. The number of benzene rings is 1. The highest BCUT2D eigenvalue weighted by atomic mass is 32.2. The van der Waals surface area contributed by atoms with Gasteiger partial charge in [0.15, 0.2) is 0 Å². The molecule has 0 bridgehead atoms. The fourth-order valence-electron chi connectivity index (χ4n) is 1.62. The molecule has 1 aromatic carbocycles. The van der Waals surface area contributed by atoms with Gasteiger partial charge in [-0.05, 0) is 29.8 Å². The number of thiophene rings is 1. The first-order chi connectivity index (χ1) is 9.55. The molecule has 7 heteroatoms. The lowest BCUT2D eigenvalue weighted by Gasteiger charge is -2.07. The molecule has 2 rings (SSSR count). The van der Waals surface area contributed by atoms with Crippen molar-refractivity contribution >= 4 is 27.0 Å². The summed E-state index contributed by atoms with van der Waals surface area (Å²) < 4.78 is 31.9. The molecule has 0 unspecified atom stereocenters. The summed E-state index contributed by atoms with van der Waals surface area (Å²) in [5.41, 5.74) is 1.34. The smallest absolute Gasteiger partial charge is 0.271 e. The van der Waals surface area contributed by atoms with E-state index in [1.54, 1.807) is 25.3 Å². The molecule has 0 aliphatic heterocycles. The molecular formula is C13H12N2O3S2. The Kier molecular flexibility index (Phi) is 4.39. The van der Waals surface area contributed by atoms with E-state index in [0.29, 0.717) is 17.2 Å². The van der Waals surface area contributed by atoms with E-state index in [-0.39, 0.29) is 4.21 Å². The predicted molar refractivity (Wildman–Crippen MR) is 77.0 cm³/mol. The van der Waals surface area contributed by atoms with Crippen LogP contribution in [0.4, 0.5) is 5.69 Å². The van der Waals surface area contributed by atoms with E-state index in [4.69, 9.17) is 10.00 Å². The first kappa shape index (κ1) is 14.5. The lowest BCUT2D eigenvalue weighted by atomic mass is 10.2. The Labute approximate surface area is 121 Å². The van der Waals surface area contributed by atoms with Crippen molar-refractivity contribution in [1.82, 2.24) is 0 Å². The molecule has 0 radical (unpaired) electrons. The van der Waals surface area contributed by atoms with Gasteiger partial charge in [-0.2, -0.15) is 5.26 Å². The molecule has 0 amide bonds. The Morgan fingerprint density at radius 3 is 2.80 bits per heavy atom. The molecule has 0 aliphatic carbocycles. The molecule has 104 valence electrons. The van der Waals surface area contributed by atoms with Crippen LogP contribution in [0.1, 0.15) is 10.4 Å². The van der Waals surface area contributed by atoms with Crippen molar-refractivity contribution in [2.45, 2.75) is 10.8 Å². The van der Waals surface area contributed by atoms with E-state index in [2.05, 4.69) is 4.72 Å². The minimum absolute atomic E-state index is 0.117. The van der Waals surface area contributed by atoms with Gasteiger partial charge in [0, 0.05) is 12.8 Å². The van der Waals surface area contributed by atoms with Gasteiger partial charge in [0.2, 0.25) is 0 Å². The Hall–Kier alpha value is -1.88. The maximum Gasteiger partial charge on any atom is 0.271 e. The molecular weight excluding hydrogens is 296 g/mol. The van der Waals surface area contributed by atoms with E-state index >= 15 is 0 Å². The van der Waals surface area contributed by atoms with Crippen molar-refractivity contribution in [3.8, 4) is 6.07 Å². The van der Waals surface area contributed by atoms with Crippen LogP contribution >= 0.6 is 11.3 Å². The first-order valence-corrected chi connectivity index (χ1v) is 7.96. The topological polar surface area (TPSA) is 79.2 Å². The largest absolute Gasteiger partial charge is 0.380 e. The lowest BCUT2D eigenvalue weighted by molar-refractivity contribution is 0.185. The minimum atomic E-state index is -3.66. The summed E-state index contributed by atoms with van der Waals surface area (Å²) in [6.07, 6.45) is 0. The zero-order chi connectivity index (χ0) is 14.6. The first-order valence-electron chi connectivity index (χ1n) is 5.66. The van der Waals surface area contributed by atoms with Crippen molar-refractivity contribution in [2.75, 3.05) is 11.8 Å². The van der Waals surface area contributed by atoms with Gasteiger partial charge in [-0.1, -0.05) is 12.1 Å². The average Bonchev–Trinajstić information content (AvgIpc) is 2.88. The summed E-state index contributed by atoms with van der Waals surface area (Å²) in [6.45, 7) is 0.410. The monoisotopic (exact) mass is 308 g/mol. The number of hydrogen-bond acceptors (Lipinski definition) is 5. The van der Waals surface area contributed by atoms with Crippen LogP contribution in [0.25, 0.3) is 0 Å². The fourth-order valence-corrected chi connectivity index (χ4v) is 3.77. The average molecular weight is 308 g/mol. The summed E-state index contributed by atoms with van der Waals surface area (Å²) >= 11 is 0.937. The number of anilines is 1. The van der Waals surface area contributed by atoms with Crippen LogP contribution in [-0.2, 0) is 21.4 Å². The summed E-state index contributed by atoms with van der Waals surface area (Å²) in [5, 5.41) is 8.73. The second-order valence-corrected chi connectivity index (χ2v) is 6.96. The molecule has 20 heavy (non-hydrogen) atoms. The molecule has 0 saturated heterocycles. The highest BCUT2D eigenvalue weighted by Crippen LogP contribution is 2.24. The summed E-state index contributed by atoms with van der Waals surface area (Å²) in [7, 11) is -2.08. The van der Waals surface area contributed by atoms with Gasteiger partial charge < -0.3 is 4.74 Å². The van der Waals surface area contributed by atoms with Crippen LogP contribution in [0.15, 0.2) is 40.6 Å². The van der Waals surface area contributed by atoms with Gasteiger partial charge in [0.1, 0.15) is 15.2 Å². The molecule has 1 aromatic heterocycles. The zero-order valence-corrected chi connectivity index (χ0v) is 12.3. The number of ether oxygens (including phenoxy) is 1. The molecule has 1 heterocycles. The molecule has 2 aromatic rings. The molecule has 0 saturated carbocycles. The van der Waals surface area contributed by atoms with Gasteiger partial charge in [0.05, 0.1) is 6.61 Å².